The molecule has 0 heterocycles. The first kappa shape index (κ1) is 15.6. The molecule has 0 amide bonds. The molecule has 0 bridgehead atoms. The summed E-state index contributed by atoms with van der Waals surface area (Å²) in [5.41, 5.74) is 2.01. The van der Waals surface area contributed by atoms with E-state index in [9.17, 15) is 13.2 Å². The molecule has 0 atom stereocenters. The molecule has 0 unspecified atom stereocenters. The van der Waals surface area contributed by atoms with Crippen LogP contribution in [0.4, 0.5) is 18.9 Å². The van der Waals surface area contributed by atoms with Gasteiger partial charge in [0.2, 0.25) is 5.96 Å². The minimum atomic E-state index is -4.37. The molecule has 21 heavy (non-hydrogen) atoms. The number of guanidine groups is 1. The Hall–Kier alpha value is -1.76. The molecule has 1 saturated carbocycles. The second kappa shape index (κ2) is 6.80. The van der Waals surface area contributed by atoms with Crippen LogP contribution in [0.1, 0.15) is 37.7 Å². The lowest BCUT2D eigenvalue weighted by molar-refractivity contribution is -0.137. The van der Waals surface area contributed by atoms with Gasteiger partial charge in [0, 0.05) is 5.69 Å². The van der Waals surface area contributed by atoms with E-state index in [0.29, 0.717) is 11.6 Å². The molecule has 0 spiro atoms. The molecule has 116 valence electrons. The molecule has 1 fully saturated rings. The first-order chi connectivity index (χ1) is 9.99. The van der Waals surface area contributed by atoms with Crippen molar-refractivity contribution in [1.29, 1.82) is 0 Å². The summed E-state index contributed by atoms with van der Waals surface area (Å²) in [4.78, 5) is 4.43. The van der Waals surface area contributed by atoms with Crippen molar-refractivity contribution in [3.05, 3.63) is 29.8 Å². The van der Waals surface area contributed by atoms with E-state index >= 15 is 0 Å². The van der Waals surface area contributed by atoms with Gasteiger partial charge in [-0.25, -0.2) is 10.8 Å². The molecule has 0 aromatic heterocycles. The lowest BCUT2D eigenvalue weighted by atomic mass is 9.96. The van der Waals surface area contributed by atoms with Gasteiger partial charge in [-0.05, 0) is 31.0 Å². The summed E-state index contributed by atoms with van der Waals surface area (Å²) in [6, 6.07) is 5.12. The van der Waals surface area contributed by atoms with Crippen molar-refractivity contribution in [2.75, 3.05) is 5.32 Å². The number of nitrogens with two attached hydrogens (primary N) is 1. The third kappa shape index (κ3) is 4.63. The Morgan fingerprint density at radius 2 is 1.90 bits per heavy atom. The molecule has 2 rings (SSSR count). The van der Waals surface area contributed by atoms with Gasteiger partial charge in [-0.2, -0.15) is 13.2 Å². The van der Waals surface area contributed by atoms with E-state index in [1.165, 1.54) is 12.5 Å². The Balaban J connectivity index is 2.09. The molecule has 1 aliphatic rings. The van der Waals surface area contributed by atoms with E-state index in [0.717, 1.165) is 37.8 Å². The highest BCUT2D eigenvalue weighted by molar-refractivity contribution is 5.93. The number of alkyl halides is 3. The minimum Gasteiger partial charge on any atom is -0.325 e. The Morgan fingerprint density at radius 1 is 1.19 bits per heavy atom. The van der Waals surface area contributed by atoms with Crippen molar-refractivity contribution >= 4 is 11.6 Å². The van der Waals surface area contributed by atoms with Gasteiger partial charge in [-0.15, -0.1) is 0 Å². The number of rotatable bonds is 2. The molecule has 1 aromatic carbocycles. The van der Waals surface area contributed by atoms with Crippen molar-refractivity contribution in [2.24, 2.45) is 10.8 Å². The fourth-order valence-electron chi connectivity index (χ4n) is 2.41. The van der Waals surface area contributed by atoms with Crippen molar-refractivity contribution in [1.82, 2.24) is 5.43 Å². The smallest absolute Gasteiger partial charge is 0.325 e. The van der Waals surface area contributed by atoms with Crippen LogP contribution in [0.2, 0.25) is 0 Å². The van der Waals surface area contributed by atoms with Crippen LogP contribution < -0.4 is 16.6 Å². The van der Waals surface area contributed by atoms with E-state index in [2.05, 4.69) is 15.7 Å². The number of anilines is 1. The summed E-state index contributed by atoms with van der Waals surface area (Å²) in [6.45, 7) is 0. The molecular weight excluding hydrogens is 281 g/mol. The molecular formula is C14H19F3N4. The standard InChI is InChI=1S/C14H19F3N4/c15-14(16,17)10-5-4-8-12(9-10)20-13(21-18)19-11-6-2-1-3-7-11/h4-5,8-9,11H,1-3,6-7,18H2,(H2,19,20,21). The van der Waals surface area contributed by atoms with Crippen LogP contribution in [-0.2, 0) is 6.18 Å². The predicted molar refractivity (Wildman–Crippen MR) is 76.7 cm³/mol. The molecule has 7 heteroatoms. The zero-order valence-electron chi connectivity index (χ0n) is 11.6. The summed E-state index contributed by atoms with van der Waals surface area (Å²) in [6.07, 6.45) is 1.04. The second-order valence-corrected chi connectivity index (χ2v) is 5.12. The minimum absolute atomic E-state index is 0.170. The fourth-order valence-corrected chi connectivity index (χ4v) is 2.41. The normalized spacial score (nSPS) is 17.6. The summed E-state index contributed by atoms with van der Waals surface area (Å²) in [7, 11) is 0. The highest BCUT2D eigenvalue weighted by Crippen LogP contribution is 2.30. The van der Waals surface area contributed by atoms with E-state index < -0.39 is 11.7 Å². The van der Waals surface area contributed by atoms with Gasteiger partial charge in [0.25, 0.3) is 0 Å². The van der Waals surface area contributed by atoms with Crippen molar-refractivity contribution in [3.63, 3.8) is 0 Å². The first-order valence-corrected chi connectivity index (χ1v) is 6.98. The SMILES string of the molecule is NNC(=NC1CCCCC1)Nc1cccc(C(F)(F)F)c1. The van der Waals surface area contributed by atoms with Gasteiger partial charge in [0.05, 0.1) is 11.6 Å². The van der Waals surface area contributed by atoms with Crippen LogP contribution in [0.5, 0.6) is 0 Å². The molecule has 0 radical (unpaired) electrons. The summed E-state index contributed by atoms with van der Waals surface area (Å²) >= 11 is 0. The fraction of sp³-hybridized carbons (Fsp3) is 0.500. The van der Waals surface area contributed by atoms with Crippen molar-refractivity contribution < 1.29 is 13.2 Å². The van der Waals surface area contributed by atoms with Gasteiger partial charge in [-0.1, -0.05) is 25.3 Å². The van der Waals surface area contributed by atoms with Gasteiger partial charge in [-0.3, -0.25) is 5.43 Å². The van der Waals surface area contributed by atoms with Gasteiger partial charge in [0.15, 0.2) is 0 Å². The maximum absolute atomic E-state index is 12.7. The zero-order valence-corrected chi connectivity index (χ0v) is 11.6. The number of benzene rings is 1. The topological polar surface area (TPSA) is 62.4 Å². The van der Waals surface area contributed by atoms with Crippen LogP contribution in [0.25, 0.3) is 0 Å². The highest BCUT2D eigenvalue weighted by Gasteiger charge is 2.30. The maximum atomic E-state index is 12.7. The molecule has 4 N–H and O–H groups in total. The van der Waals surface area contributed by atoms with Crippen molar-refractivity contribution in [2.45, 2.75) is 44.3 Å². The van der Waals surface area contributed by atoms with Crippen LogP contribution >= 0.6 is 0 Å². The number of nitrogens with zero attached hydrogens (tertiary/aromatic N) is 1. The van der Waals surface area contributed by atoms with E-state index in [1.807, 2.05) is 0 Å². The second-order valence-electron chi connectivity index (χ2n) is 5.12. The number of hydrogen-bond acceptors (Lipinski definition) is 2. The van der Waals surface area contributed by atoms with Gasteiger partial charge in [0.1, 0.15) is 0 Å². The molecule has 0 saturated heterocycles. The average molecular weight is 300 g/mol. The lowest BCUT2D eigenvalue weighted by Crippen LogP contribution is -2.37. The van der Waals surface area contributed by atoms with Gasteiger partial charge < -0.3 is 5.32 Å². The Labute approximate surface area is 121 Å². The first-order valence-electron chi connectivity index (χ1n) is 6.98. The summed E-state index contributed by atoms with van der Waals surface area (Å²) < 4.78 is 38.0. The molecule has 0 aliphatic heterocycles. The van der Waals surface area contributed by atoms with Crippen LogP contribution in [0.3, 0.4) is 0 Å². The van der Waals surface area contributed by atoms with E-state index in [4.69, 9.17) is 5.84 Å². The lowest BCUT2D eigenvalue weighted by Gasteiger charge is -2.19. The quantitative estimate of drug-likeness (QED) is 0.340. The monoisotopic (exact) mass is 300 g/mol. The third-order valence-electron chi connectivity index (χ3n) is 3.48. The number of hydrazine groups is 1. The number of halogens is 3. The zero-order chi connectivity index (χ0) is 15.3. The number of nitrogens with one attached hydrogen (secondary N) is 2. The maximum Gasteiger partial charge on any atom is 0.416 e. The number of hydrogen-bond donors (Lipinski definition) is 3. The summed E-state index contributed by atoms with van der Waals surface area (Å²) in [5, 5.41) is 2.80. The van der Waals surface area contributed by atoms with E-state index in [-0.39, 0.29) is 6.04 Å². The average Bonchev–Trinajstić information content (AvgIpc) is 2.47. The van der Waals surface area contributed by atoms with Gasteiger partial charge >= 0.3 is 6.18 Å². The Morgan fingerprint density at radius 3 is 2.52 bits per heavy atom. The summed E-state index contributed by atoms with van der Waals surface area (Å²) in [5.74, 6) is 5.69. The largest absolute Gasteiger partial charge is 0.416 e. The van der Waals surface area contributed by atoms with E-state index in [1.54, 1.807) is 6.07 Å². The van der Waals surface area contributed by atoms with Crippen LogP contribution in [-0.4, -0.2) is 12.0 Å². The Kier molecular flexibility index (Phi) is 5.06. The molecule has 1 aromatic rings. The molecule has 1 aliphatic carbocycles. The number of aliphatic imine (C=N–C) groups is 1. The Bertz CT molecular complexity index is 493. The van der Waals surface area contributed by atoms with Crippen LogP contribution in [0.15, 0.2) is 29.3 Å². The van der Waals surface area contributed by atoms with Crippen molar-refractivity contribution in [3.8, 4) is 0 Å². The third-order valence-corrected chi connectivity index (χ3v) is 3.48. The predicted octanol–water partition coefficient (Wildman–Crippen LogP) is 3.27. The van der Waals surface area contributed by atoms with Crippen LogP contribution in [0, 0.1) is 0 Å². The highest BCUT2D eigenvalue weighted by atomic mass is 19.4. The molecule has 4 nitrogen and oxygen atoms in total.